The van der Waals surface area contributed by atoms with Crippen molar-refractivity contribution in [1.29, 1.82) is 0 Å². The van der Waals surface area contributed by atoms with Gasteiger partial charge in [-0.2, -0.15) is 0 Å². The van der Waals surface area contributed by atoms with Gasteiger partial charge in [0.25, 0.3) is 0 Å². The minimum atomic E-state index is -1.67. The maximum Gasteiger partial charge on any atom is 0.342 e. The Morgan fingerprint density at radius 3 is 1.97 bits per heavy atom. The minimum Gasteiger partial charge on any atom is -0.507 e. The zero-order chi connectivity index (χ0) is 54.8. The number of allylic oxidation sites excluding steroid dienone is 1. The highest BCUT2D eigenvalue weighted by molar-refractivity contribution is 5.92. The first-order chi connectivity index (χ1) is 36.1. The average Bonchev–Trinajstić information content (AvgIpc) is 3.68. The molecule has 76 heavy (non-hydrogen) atoms. The largest absolute Gasteiger partial charge is 0.507 e. The third-order valence-electron chi connectivity index (χ3n) is 19.3. The Morgan fingerprint density at radius 2 is 1.34 bits per heavy atom. The van der Waals surface area contributed by atoms with E-state index < -0.39 is 146 Å². The molecular formula is C55H84O21. The van der Waals surface area contributed by atoms with Crippen LogP contribution in [0.2, 0.25) is 0 Å². The molecule has 27 atom stereocenters. The molecule has 4 aliphatic carbocycles. The molecule has 0 aromatic heterocycles. The number of phenols is 1. The van der Waals surface area contributed by atoms with Crippen LogP contribution in [0.25, 0.3) is 0 Å². The molecular weight excluding hydrogens is 997 g/mol. The maximum absolute atomic E-state index is 13.8. The molecule has 21 heteroatoms. The van der Waals surface area contributed by atoms with Crippen LogP contribution in [0.5, 0.6) is 5.75 Å². The molecule has 1 aromatic carbocycles. The third-order valence-corrected chi connectivity index (χ3v) is 19.3. The van der Waals surface area contributed by atoms with E-state index in [-0.39, 0.29) is 47.0 Å². The van der Waals surface area contributed by atoms with Crippen molar-refractivity contribution in [3.63, 3.8) is 0 Å². The molecule has 0 spiro atoms. The van der Waals surface area contributed by atoms with Gasteiger partial charge in [-0.1, -0.05) is 37.6 Å². The number of methoxy groups -OCH3 is 3. The second kappa shape index (κ2) is 23.2. The van der Waals surface area contributed by atoms with Crippen LogP contribution < -0.4 is 0 Å². The summed E-state index contributed by atoms with van der Waals surface area (Å²) in [4.78, 5) is 13.8. The summed E-state index contributed by atoms with van der Waals surface area (Å²) in [7, 11) is 4.55. The van der Waals surface area contributed by atoms with Gasteiger partial charge in [-0.15, -0.1) is 0 Å². The summed E-state index contributed by atoms with van der Waals surface area (Å²) in [5.74, 6) is -1.24. The lowest BCUT2D eigenvalue weighted by atomic mass is 9.44. The number of para-hydroxylation sites is 1. The van der Waals surface area contributed by atoms with E-state index in [2.05, 4.69) is 13.0 Å². The number of phenolic OH excluding ortho intramolecular Hbond substituents is 1. The molecule has 4 aliphatic heterocycles. The van der Waals surface area contributed by atoms with Gasteiger partial charge in [-0.25, -0.2) is 4.79 Å². The number of esters is 1. The van der Waals surface area contributed by atoms with Crippen LogP contribution in [0, 0.1) is 28.6 Å². The highest BCUT2D eigenvalue weighted by Crippen LogP contribution is 2.69. The molecule has 4 heterocycles. The van der Waals surface area contributed by atoms with Crippen molar-refractivity contribution >= 4 is 5.97 Å². The normalized spacial score (nSPS) is 48.9. The molecule has 430 valence electrons. The van der Waals surface area contributed by atoms with Crippen LogP contribution in [-0.4, -0.2) is 209 Å². The Bertz CT molecular complexity index is 2160. The summed E-state index contributed by atoms with van der Waals surface area (Å²) >= 11 is 0. The van der Waals surface area contributed by atoms with Gasteiger partial charge in [0, 0.05) is 39.6 Å². The van der Waals surface area contributed by atoms with Gasteiger partial charge in [0.2, 0.25) is 0 Å². The van der Waals surface area contributed by atoms with Crippen molar-refractivity contribution in [3.05, 3.63) is 41.5 Å². The monoisotopic (exact) mass is 1080 g/mol. The van der Waals surface area contributed by atoms with Gasteiger partial charge < -0.3 is 97.7 Å². The summed E-state index contributed by atoms with van der Waals surface area (Å²) in [6.07, 6.45) is -12.1. The smallest absolute Gasteiger partial charge is 0.342 e. The molecule has 0 bridgehead atoms. The predicted molar refractivity (Wildman–Crippen MR) is 265 cm³/mol. The summed E-state index contributed by atoms with van der Waals surface area (Å²) < 4.78 is 74.5. The standard InChI is InChI=1S/C55H84O21/c1-25(57)32-17-19-55(64)33-15-14-29-20-30(16-18-53(29,5)34(33)21-39(54(32,55)6)73-50(63)31-12-10-11-13-35(31)58)71-40-22-36(65-7)46(26(2)68-40)74-41-23-37(66-8)47(27(3)69-41)75-52-45(62)49(67-9)48(28(4)70-52)76-51-44(61)43(60)42(59)38(24-56)72-51/h10-14,25-28,30,32-34,36-49,51-52,56-62,64H,15-24H2,1-9H3. The zero-order valence-electron chi connectivity index (χ0n) is 45.2. The predicted octanol–water partition coefficient (Wildman–Crippen LogP) is 2.36. The molecule has 27 unspecified atom stereocenters. The second-order valence-corrected chi connectivity index (χ2v) is 23.3. The van der Waals surface area contributed by atoms with E-state index in [9.17, 15) is 45.6 Å². The fourth-order valence-electron chi connectivity index (χ4n) is 15.0. The van der Waals surface area contributed by atoms with Crippen molar-refractivity contribution < 1.29 is 102 Å². The third kappa shape index (κ3) is 10.4. The van der Waals surface area contributed by atoms with Crippen molar-refractivity contribution in [2.45, 2.75) is 234 Å². The van der Waals surface area contributed by atoms with Gasteiger partial charge in [-0.05, 0) is 108 Å². The molecule has 4 saturated heterocycles. The zero-order valence-corrected chi connectivity index (χ0v) is 45.2. The highest BCUT2D eigenvalue weighted by atomic mass is 16.8. The topological polar surface area (TPSA) is 290 Å². The molecule has 7 fully saturated rings. The fraction of sp³-hybridized carbons (Fsp3) is 0.836. The molecule has 9 rings (SSSR count). The number of hydrogen-bond acceptors (Lipinski definition) is 21. The number of fused-ring (bicyclic) bond motifs is 5. The summed E-state index contributed by atoms with van der Waals surface area (Å²) in [5.41, 5.74) is -1.11. The first-order valence-corrected chi connectivity index (χ1v) is 27.4. The number of carbonyl (C=O) groups is 1. The minimum absolute atomic E-state index is 0.0185. The van der Waals surface area contributed by atoms with Crippen LogP contribution in [0.4, 0.5) is 0 Å². The number of benzene rings is 1. The Balaban J connectivity index is 0.804. The van der Waals surface area contributed by atoms with E-state index in [1.54, 1.807) is 47.1 Å². The van der Waals surface area contributed by atoms with Crippen molar-refractivity contribution in [2.24, 2.45) is 28.6 Å². The van der Waals surface area contributed by atoms with Gasteiger partial charge in [0.1, 0.15) is 72.4 Å². The first kappa shape index (κ1) is 58.2. The number of aromatic hydroxyl groups is 1. The lowest BCUT2D eigenvalue weighted by Gasteiger charge is -2.63. The SMILES string of the molecule is COC1CC(OC2CCC3(C)C(=CCC4C3CC(OC(=O)c3ccccc3O)C3(C)C(C(C)O)CCC43O)C2)OC(C)C1OC1CC(OC)C(OC2OC(C)C(OC3OC(CO)C(O)C(O)C3O)C(OC)C2O)C(C)O1. The van der Waals surface area contributed by atoms with Gasteiger partial charge in [0.15, 0.2) is 25.2 Å². The molecule has 1 aromatic rings. The number of rotatable bonds is 15. The second-order valence-electron chi connectivity index (χ2n) is 23.3. The first-order valence-electron chi connectivity index (χ1n) is 27.4. The summed E-state index contributed by atoms with van der Waals surface area (Å²) in [6.45, 7) is 10.7. The number of ether oxygens (including phenoxy) is 12. The maximum atomic E-state index is 13.8. The number of carbonyl (C=O) groups excluding carboxylic acids is 1. The number of aliphatic hydroxyl groups excluding tert-OH is 6. The van der Waals surface area contributed by atoms with Gasteiger partial charge >= 0.3 is 5.97 Å². The Labute approximate surface area is 444 Å². The van der Waals surface area contributed by atoms with Crippen LogP contribution >= 0.6 is 0 Å². The van der Waals surface area contributed by atoms with Crippen LogP contribution in [0.1, 0.15) is 110 Å². The van der Waals surface area contributed by atoms with E-state index in [4.69, 9.17) is 56.8 Å². The molecule has 0 radical (unpaired) electrons. The number of aliphatic hydroxyl groups is 7. The Morgan fingerprint density at radius 1 is 0.724 bits per heavy atom. The fourth-order valence-corrected chi connectivity index (χ4v) is 15.0. The highest BCUT2D eigenvalue weighted by Gasteiger charge is 2.71. The van der Waals surface area contributed by atoms with E-state index in [0.717, 1.165) is 12.8 Å². The lowest BCUT2D eigenvalue weighted by Crippen LogP contribution is -2.67. The van der Waals surface area contributed by atoms with Crippen LogP contribution in [0.3, 0.4) is 0 Å². The summed E-state index contributed by atoms with van der Waals surface area (Å²) in [5, 5.41) is 87.0. The molecule has 3 saturated carbocycles. The Hall–Kier alpha value is -2.49. The number of hydrogen-bond donors (Lipinski definition) is 8. The van der Waals surface area contributed by atoms with Crippen LogP contribution in [0.15, 0.2) is 35.9 Å². The molecule has 8 N–H and O–H groups in total. The Kier molecular flexibility index (Phi) is 17.7. The van der Waals surface area contributed by atoms with E-state index in [1.807, 2.05) is 13.8 Å². The molecule has 0 amide bonds. The average molecular weight is 1080 g/mol. The van der Waals surface area contributed by atoms with Gasteiger partial charge in [0.05, 0.1) is 54.9 Å². The lowest BCUT2D eigenvalue weighted by molar-refractivity contribution is -0.373. The van der Waals surface area contributed by atoms with E-state index in [0.29, 0.717) is 38.5 Å². The van der Waals surface area contributed by atoms with Gasteiger partial charge in [-0.3, -0.25) is 0 Å². The van der Waals surface area contributed by atoms with Crippen LogP contribution in [-0.2, 0) is 56.8 Å². The van der Waals surface area contributed by atoms with Crippen molar-refractivity contribution in [3.8, 4) is 5.75 Å². The quantitative estimate of drug-likeness (QED) is 0.0924. The van der Waals surface area contributed by atoms with E-state index in [1.165, 1.54) is 24.8 Å². The molecule has 21 nitrogen and oxygen atoms in total. The summed E-state index contributed by atoms with van der Waals surface area (Å²) in [6, 6.07) is 6.31. The van der Waals surface area contributed by atoms with Crippen molar-refractivity contribution in [1.82, 2.24) is 0 Å². The van der Waals surface area contributed by atoms with E-state index >= 15 is 0 Å². The molecule has 8 aliphatic rings. The van der Waals surface area contributed by atoms with Crippen molar-refractivity contribution in [2.75, 3.05) is 27.9 Å².